The van der Waals surface area contributed by atoms with Crippen molar-refractivity contribution in [2.45, 2.75) is 0 Å². The molecule has 0 rings (SSSR count). The fraction of sp³-hybridized carbons (Fsp3) is 0. The SMILES string of the molecule is N.N.N.[Cl-].[Pt]. The summed E-state index contributed by atoms with van der Waals surface area (Å²) >= 11 is 0. The van der Waals surface area contributed by atoms with E-state index in [4.69, 9.17) is 0 Å². The summed E-state index contributed by atoms with van der Waals surface area (Å²) in [6.07, 6.45) is 0. The third-order valence-electron chi connectivity index (χ3n) is 0. The minimum Gasteiger partial charge on any atom is -1.00 e. The smallest absolute Gasteiger partial charge is 0 e. The van der Waals surface area contributed by atoms with Crippen LogP contribution < -0.4 is 30.9 Å². The van der Waals surface area contributed by atoms with Crippen LogP contribution in [0.15, 0.2) is 0 Å². The van der Waals surface area contributed by atoms with Crippen LogP contribution >= 0.6 is 0 Å². The van der Waals surface area contributed by atoms with E-state index in [1.165, 1.54) is 0 Å². The zero-order valence-corrected chi connectivity index (χ0v) is 5.84. The van der Waals surface area contributed by atoms with Gasteiger partial charge in [-0.1, -0.05) is 0 Å². The molecule has 0 aromatic heterocycles. The molecule has 0 aliphatic heterocycles. The van der Waals surface area contributed by atoms with Crippen LogP contribution in [0.4, 0.5) is 0 Å². The van der Waals surface area contributed by atoms with Crippen molar-refractivity contribution in [3.05, 3.63) is 0 Å². The van der Waals surface area contributed by atoms with Crippen molar-refractivity contribution in [1.29, 1.82) is 0 Å². The van der Waals surface area contributed by atoms with E-state index in [1.54, 1.807) is 0 Å². The summed E-state index contributed by atoms with van der Waals surface area (Å²) < 4.78 is 0. The van der Waals surface area contributed by atoms with Crippen molar-refractivity contribution in [2.24, 2.45) is 0 Å². The first kappa shape index (κ1) is 188. The van der Waals surface area contributed by atoms with Gasteiger partial charge in [0.2, 0.25) is 0 Å². The largest absolute Gasteiger partial charge is 1.00 e. The van der Waals surface area contributed by atoms with Gasteiger partial charge in [0.1, 0.15) is 0 Å². The van der Waals surface area contributed by atoms with Gasteiger partial charge in [-0.3, -0.25) is 0 Å². The predicted molar refractivity (Wildman–Crippen MR) is 15.1 cm³/mol. The van der Waals surface area contributed by atoms with E-state index in [0.717, 1.165) is 0 Å². The average Bonchev–Trinajstić information content (AvgIpc) is 0. The van der Waals surface area contributed by atoms with Crippen molar-refractivity contribution in [3.8, 4) is 0 Å². The second-order valence-electron chi connectivity index (χ2n) is 0. The Morgan fingerprint density at radius 2 is 0.600 bits per heavy atom. The summed E-state index contributed by atoms with van der Waals surface area (Å²) in [6, 6.07) is 0. The summed E-state index contributed by atoms with van der Waals surface area (Å²) in [4.78, 5) is 0. The first-order valence-electron chi connectivity index (χ1n) is 0. The van der Waals surface area contributed by atoms with E-state index in [9.17, 15) is 0 Å². The number of hydrogen-bond donors (Lipinski definition) is 3. The van der Waals surface area contributed by atoms with Crippen molar-refractivity contribution in [1.82, 2.24) is 18.5 Å². The molecule has 5 heavy (non-hydrogen) atoms. The standard InChI is InChI=1S/ClH.3H3N.Pt/h1H;3*1H3;/p-1. The first-order chi connectivity index (χ1) is 0. The molecule has 0 saturated carbocycles. The molecule has 9 N–H and O–H groups in total. The second-order valence-corrected chi connectivity index (χ2v) is 0. The normalized spacial score (nSPS) is 0. The predicted octanol–water partition coefficient (Wildman–Crippen LogP) is -2.51. The van der Waals surface area contributed by atoms with E-state index in [2.05, 4.69) is 0 Å². The molecule has 0 atom stereocenters. The average molecular weight is 282 g/mol. The molecule has 0 amide bonds. The van der Waals surface area contributed by atoms with E-state index >= 15 is 0 Å². The molecule has 0 heterocycles. The Bertz CT molecular complexity index is 6.85. The molecule has 0 spiro atoms. The van der Waals surface area contributed by atoms with Crippen LogP contribution in [-0.2, 0) is 21.1 Å². The zero-order valence-electron chi connectivity index (χ0n) is 2.82. The van der Waals surface area contributed by atoms with Crippen molar-refractivity contribution in [3.63, 3.8) is 0 Å². The Morgan fingerprint density at radius 1 is 0.600 bits per heavy atom. The topological polar surface area (TPSA) is 105 Å². The molecule has 3 nitrogen and oxygen atoms in total. The summed E-state index contributed by atoms with van der Waals surface area (Å²) in [7, 11) is 0. The Hall–Kier alpha value is 0.858. The van der Waals surface area contributed by atoms with Gasteiger partial charge in [0.15, 0.2) is 0 Å². The van der Waals surface area contributed by atoms with Crippen LogP contribution in [0.2, 0.25) is 0 Å². The molecular formula is H9ClN3Pt-. The first-order valence-corrected chi connectivity index (χ1v) is 0. The van der Waals surface area contributed by atoms with Gasteiger partial charge >= 0.3 is 0 Å². The fourth-order valence-electron chi connectivity index (χ4n) is 0. The van der Waals surface area contributed by atoms with Crippen LogP contribution in [0.25, 0.3) is 0 Å². The molecular weight excluding hydrogens is 273 g/mol. The number of halogens is 1. The number of hydrogen-bond acceptors (Lipinski definition) is 3. The van der Waals surface area contributed by atoms with Gasteiger partial charge in [-0.2, -0.15) is 0 Å². The van der Waals surface area contributed by atoms with Gasteiger partial charge in [0.05, 0.1) is 0 Å². The van der Waals surface area contributed by atoms with Crippen LogP contribution in [0, 0.1) is 0 Å². The number of rotatable bonds is 0. The van der Waals surface area contributed by atoms with Crippen molar-refractivity contribution < 1.29 is 33.5 Å². The van der Waals surface area contributed by atoms with Crippen molar-refractivity contribution in [2.75, 3.05) is 0 Å². The molecule has 0 aliphatic rings. The van der Waals surface area contributed by atoms with E-state index in [1.807, 2.05) is 0 Å². The summed E-state index contributed by atoms with van der Waals surface area (Å²) in [6.45, 7) is 0. The molecule has 0 bridgehead atoms. The monoisotopic (exact) mass is 281 g/mol. The molecule has 0 radical (unpaired) electrons. The van der Waals surface area contributed by atoms with E-state index in [-0.39, 0.29) is 51.9 Å². The molecule has 0 aromatic carbocycles. The van der Waals surface area contributed by atoms with Crippen LogP contribution in [0.5, 0.6) is 0 Å². The van der Waals surface area contributed by atoms with Crippen LogP contribution in [0.3, 0.4) is 0 Å². The van der Waals surface area contributed by atoms with Crippen LogP contribution in [-0.4, -0.2) is 0 Å². The molecule has 5 heteroatoms. The fourth-order valence-corrected chi connectivity index (χ4v) is 0. The summed E-state index contributed by atoms with van der Waals surface area (Å²) in [5, 5.41) is 0. The molecule has 0 aromatic rings. The molecule has 0 unspecified atom stereocenters. The third-order valence-corrected chi connectivity index (χ3v) is 0. The minimum absolute atomic E-state index is 0. The van der Waals surface area contributed by atoms with Gasteiger partial charge in [-0.15, -0.1) is 0 Å². The molecule has 0 fully saturated rings. The molecule has 42 valence electrons. The minimum atomic E-state index is 0. The van der Waals surface area contributed by atoms with Gasteiger partial charge in [0.25, 0.3) is 0 Å². The zero-order chi connectivity index (χ0) is 0. The van der Waals surface area contributed by atoms with Crippen molar-refractivity contribution >= 4 is 0 Å². The Balaban J connectivity index is 0. The van der Waals surface area contributed by atoms with Gasteiger partial charge in [-0.05, 0) is 0 Å². The van der Waals surface area contributed by atoms with Gasteiger partial charge in [-0.25, -0.2) is 0 Å². The maximum atomic E-state index is 0. The maximum Gasteiger partial charge on any atom is 0 e. The van der Waals surface area contributed by atoms with Gasteiger partial charge in [0, 0.05) is 21.1 Å². The maximum absolute atomic E-state index is 0. The summed E-state index contributed by atoms with van der Waals surface area (Å²) in [5.41, 5.74) is 0. The van der Waals surface area contributed by atoms with E-state index in [0.29, 0.717) is 0 Å². The Labute approximate surface area is 52.3 Å². The third kappa shape index (κ3) is 53.9. The molecule has 0 aliphatic carbocycles. The summed E-state index contributed by atoms with van der Waals surface area (Å²) in [5.74, 6) is 0. The second kappa shape index (κ2) is 98.2. The van der Waals surface area contributed by atoms with Crippen LogP contribution in [0.1, 0.15) is 0 Å². The molecule has 0 saturated heterocycles. The quantitative estimate of drug-likeness (QED) is 0.457. The van der Waals surface area contributed by atoms with Gasteiger partial charge < -0.3 is 30.9 Å². The van der Waals surface area contributed by atoms with E-state index < -0.39 is 0 Å². The Morgan fingerprint density at radius 3 is 0.600 bits per heavy atom. The Kier molecular flexibility index (Phi) is 3690.